The molecule has 1 fully saturated rings. The van der Waals surface area contributed by atoms with E-state index < -0.39 is 132 Å². The molecule has 22 nitrogen and oxygen atoms in total. The molecule has 0 aliphatic carbocycles. The quantitative estimate of drug-likeness (QED) is 0.0897. The Morgan fingerprint density at radius 2 is 0.662 bits per heavy atom. The number of alkyl halides is 12. The van der Waals surface area contributed by atoms with Crippen LogP contribution in [0.1, 0.15) is 55.4 Å². The van der Waals surface area contributed by atoms with Crippen LogP contribution in [0.5, 0.6) is 0 Å². The number of methoxy groups -OCH3 is 1. The maximum Gasteiger partial charge on any atom is 0.430 e. The van der Waals surface area contributed by atoms with Crippen molar-refractivity contribution in [3.63, 3.8) is 0 Å². The van der Waals surface area contributed by atoms with Gasteiger partial charge >= 0.3 is 48.6 Å². The van der Waals surface area contributed by atoms with Crippen LogP contribution in [-0.2, 0) is 66.8 Å². The van der Waals surface area contributed by atoms with Gasteiger partial charge in [0.25, 0.3) is 0 Å². The molecule has 5 atom stereocenters. The summed E-state index contributed by atoms with van der Waals surface area (Å²) in [6.45, 7) is 11.9. The number of carboxylic acid groups (broad SMARTS) is 4. The second-order valence-corrected chi connectivity index (χ2v) is 15.2. The molecule has 1 heterocycles. The molecule has 0 aromatic carbocycles. The number of carbonyl (C=O) groups is 8. The minimum Gasteiger partial charge on any atom is -0.542 e. The highest BCUT2D eigenvalue weighted by Crippen LogP contribution is 2.31. The highest BCUT2D eigenvalue weighted by Gasteiger charge is 2.56. The molecule has 0 bridgehead atoms. The summed E-state index contributed by atoms with van der Waals surface area (Å²) in [6.07, 6.45) is -27.4. The number of halogens is 12. The molecule has 0 aromatic rings. The molecular formula is C31H46F12N4O18. The van der Waals surface area contributed by atoms with Gasteiger partial charge in [0.05, 0.1) is 0 Å². The molecule has 1 aliphatic heterocycles. The normalized spacial score (nSPS) is 19.2. The van der Waals surface area contributed by atoms with Gasteiger partial charge < -0.3 is 91.0 Å². The van der Waals surface area contributed by atoms with Gasteiger partial charge in [-0.05, 0) is 0 Å². The lowest BCUT2D eigenvalue weighted by molar-refractivity contribution is -0.457. The number of carbonyl (C=O) groups excluding carboxylic acids is 8. The number of hydrogen-bond acceptors (Lipinski definition) is 18. The maximum absolute atomic E-state index is 12.9. The summed E-state index contributed by atoms with van der Waals surface area (Å²) < 4.78 is 160. The first-order chi connectivity index (χ1) is 28.3. The molecule has 382 valence electrons. The Bertz CT molecular complexity index is 1530. The number of rotatable bonds is 10. The molecule has 1 saturated heterocycles. The molecule has 34 heteroatoms. The van der Waals surface area contributed by atoms with Gasteiger partial charge in [0, 0.05) is 62.5 Å². The van der Waals surface area contributed by atoms with E-state index in [9.17, 15) is 71.9 Å². The Labute approximate surface area is 357 Å². The van der Waals surface area contributed by atoms with Crippen LogP contribution in [0.4, 0.5) is 52.7 Å². The zero-order chi connectivity index (χ0) is 53.5. The Kier molecular flexibility index (Phi) is 25.3. The Balaban J connectivity index is -0.000000529. The van der Waals surface area contributed by atoms with Gasteiger partial charge in [-0.25, -0.2) is 19.2 Å². The zero-order valence-electron chi connectivity index (χ0n) is 35.3. The molecule has 0 spiro atoms. The van der Waals surface area contributed by atoms with Crippen molar-refractivity contribution in [2.45, 2.75) is 133 Å². The third kappa shape index (κ3) is 28.3. The molecular weight excluding hydrogens is 944 g/mol. The largest absolute Gasteiger partial charge is 0.542 e. The van der Waals surface area contributed by atoms with Crippen LogP contribution < -0.4 is 43.4 Å². The fraction of sp³-hybridized carbons (Fsp3) is 0.742. The van der Waals surface area contributed by atoms with Crippen molar-refractivity contribution in [1.29, 1.82) is 0 Å². The Morgan fingerprint density at radius 3 is 0.862 bits per heavy atom. The van der Waals surface area contributed by atoms with Crippen molar-refractivity contribution >= 4 is 47.8 Å². The van der Waals surface area contributed by atoms with Crippen molar-refractivity contribution in [2.24, 2.45) is 0 Å². The fourth-order valence-electron chi connectivity index (χ4n) is 2.81. The minimum atomic E-state index is -5.19. The van der Waals surface area contributed by atoms with Crippen molar-refractivity contribution in [1.82, 2.24) is 0 Å². The first-order valence-corrected chi connectivity index (χ1v) is 16.8. The van der Waals surface area contributed by atoms with Gasteiger partial charge in [-0.1, -0.05) is 0 Å². The lowest BCUT2D eigenvalue weighted by atomic mass is 9.96. The lowest BCUT2D eigenvalue weighted by Crippen LogP contribution is -2.77. The van der Waals surface area contributed by atoms with Crippen LogP contribution in [0.2, 0.25) is 0 Å². The third-order valence-electron chi connectivity index (χ3n) is 6.07. The van der Waals surface area contributed by atoms with Crippen molar-refractivity contribution in [3.05, 3.63) is 0 Å². The van der Waals surface area contributed by atoms with Crippen LogP contribution in [-0.4, -0.2) is 139 Å². The predicted molar refractivity (Wildman–Crippen MR) is 168 cm³/mol. The number of carboxylic acids is 4. The van der Waals surface area contributed by atoms with Gasteiger partial charge in [0.1, 0.15) is 36.6 Å². The molecule has 0 aromatic heterocycles. The maximum atomic E-state index is 12.9. The van der Waals surface area contributed by atoms with Crippen LogP contribution in [0.25, 0.3) is 0 Å². The SMILES string of the molecule is CO[C@@H]1O[C@H](COC(=O)C(C)(C)[NH3+])[C@H](OC(=O)C(C)(C)[NH3+])[C@H](OC(=O)C(C)(C)[NH3+])[C@H]1OC(=O)C(C)(C)[NH3+].O=C([O-])C(F)(F)F.O=C([O-])C(F)(F)F.O=C([O-])C(F)(F)F.O=C([O-])C(F)(F)F. The second-order valence-electron chi connectivity index (χ2n) is 15.2. The Morgan fingerprint density at radius 1 is 0.446 bits per heavy atom. The number of hydrogen-bond donors (Lipinski definition) is 4. The van der Waals surface area contributed by atoms with Crippen molar-refractivity contribution < 1.29 is 163 Å². The van der Waals surface area contributed by atoms with E-state index in [0.29, 0.717) is 0 Å². The summed E-state index contributed by atoms with van der Waals surface area (Å²) in [5, 5.41) is 35.1. The number of ether oxygens (including phenoxy) is 6. The van der Waals surface area contributed by atoms with E-state index in [0.717, 1.165) is 0 Å². The van der Waals surface area contributed by atoms with Gasteiger partial charge in [0.2, 0.25) is 0 Å². The number of esters is 4. The minimum absolute atomic E-state index is 0.406. The first kappa shape index (κ1) is 66.3. The second kappa shape index (κ2) is 24.8. The summed E-state index contributed by atoms with van der Waals surface area (Å²) in [6, 6.07) is 0. The van der Waals surface area contributed by atoms with E-state index in [1.165, 1.54) is 48.7 Å². The van der Waals surface area contributed by atoms with Crippen LogP contribution >= 0.6 is 0 Å². The standard InChI is InChI=1S/C23H42N4O10.4C2HF3O2/c1-20(2,24)16(28)33-10-11-12(35-17(29)21(3,4)25)13(36-18(30)22(5,6)26)14(15(32-9)34-11)37-19(31)23(7,8)27;4*3-2(4,5)1(6)7/h11-15H,10,24-27H2,1-9H3;4*(H,6,7)/t11-,12+,13+,14-,15-;;;;/m1..../s1. The van der Waals surface area contributed by atoms with Crippen LogP contribution in [0, 0.1) is 0 Å². The summed E-state index contributed by atoms with van der Waals surface area (Å²) in [7, 11) is 1.29. The van der Waals surface area contributed by atoms with Gasteiger partial charge in [-0.3, -0.25) is 0 Å². The molecule has 12 N–H and O–H groups in total. The summed E-state index contributed by atoms with van der Waals surface area (Å²) in [5.41, 5.74) is 10.4. The predicted octanol–water partition coefficient (Wildman–Crippen LogP) is -7.09. The van der Waals surface area contributed by atoms with E-state index in [1.807, 2.05) is 0 Å². The smallest absolute Gasteiger partial charge is 0.430 e. The monoisotopic (exact) mass is 990 g/mol. The average Bonchev–Trinajstić information content (AvgIpc) is 3.06. The van der Waals surface area contributed by atoms with E-state index >= 15 is 0 Å². The van der Waals surface area contributed by atoms with E-state index in [-0.39, 0.29) is 0 Å². The van der Waals surface area contributed by atoms with Gasteiger partial charge in [0.15, 0.2) is 46.8 Å². The third-order valence-corrected chi connectivity index (χ3v) is 6.07. The van der Waals surface area contributed by atoms with Crippen molar-refractivity contribution in [2.75, 3.05) is 13.7 Å². The zero-order valence-corrected chi connectivity index (χ0v) is 35.3. The summed E-state index contributed by atoms with van der Waals surface area (Å²) in [4.78, 5) is 86.1. The topological polar surface area (TPSA) is 395 Å². The number of aliphatic carboxylic acids is 4. The summed E-state index contributed by atoms with van der Waals surface area (Å²) >= 11 is 0. The van der Waals surface area contributed by atoms with Crippen LogP contribution in [0.3, 0.4) is 0 Å². The molecule has 0 radical (unpaired) electrons. The lowest BCUT2D eigenvalue weighted by Gasteiger charge is -2.44. The van der Waals surface area contributed by atoms with E-state index in [2.05, 4.69) is 22.9 Å². The highest BCUT2D eigenvalue weighted by molar-refractivity contribution is 5.80. The first-order valence-electron chi connectivity index (χ1n) is 16.8. The molecule has 0 saturated carbocycles. The van der Waals surface area contributed by atoms with E-state index in [4.69, 9.17) is 68.0 Å². The molecule has 1 rings (SSSR count). The van der Waals surface area contributed by atoms with E-state index in [1.54, 1.807) is 13.8 Å². The Hall–Kier alpha value is -5.32. The molecule has 0 amide bonds. The number of quaternary nitrogens is 4. The van der Waals surface area contributed by atoms with Gasteiger partial charge in [-0.2, -0.15) is 52.7 Å². The fourth-order valence-corrected chi connectivity index (χ4v) is 2.81. The van der Waals surface area contributed by atoms with Gasteiger partial charge in [-0.15, -0.1) is 0 Å². The average molecular weight is 991 g/mol. The molecule has 0 unspecified atom stereocenters. The highest BCUT2D eigenvalue weighted by atomic mass is 19.4. The molecule has 65 heavy (non-hydrogen) atoms. The summed E-state index contributed by atoms with van der Waals surface area (Å²) in [5.74, 6) is -15.0. The molecule has 1 aliphatic rings. The van der Waals surface area contributed by atoms with Crippen molar-refractivity contribution in [3.8, 4) is 0 Å². The van der Waals surface area contributed by atoms with Crippen LogP contribution in [0.15, 0.2) is 0 Å².